The van der Waals surface area contributed by atoms with Crippen LogP contribution in [0.3, 0.4) is 0 Å². The summed E-state index contributed by atoms with van der Waals surface area (Å²) in [7, 11) is 0. The Morgan fingerprint density at radius 2 is 2.41 bits per heavy atom. The molecular formula is C14H20O3. The molecule has 17 heavy (non-hydrogen) atoms. The summed E-state index contributed by atoms with van der Waals surface area (Å²) in [5.74, 6) is 0.500. The number of rotatable bonds is 5. The summed E-state index contributed by atoms with van der Waals surface area (Å²) in [4.78, 5) is 0. The number of hydrogen-bond donors (Lipinski definition) is 1. The van der Waals surface area contributed by atoms with Gasteiger partial charge in [0.1, 0.15) is 6.10 Å². The fourth-order valence-electron chi connectivity index (χ4n) is 2.03. The SMILES string of the molecule is Cc1cccc(C(O)COCC2CCOC2)c1. The number of aliphatic hydroxyl groups is 1. The Hall–Kier alpha value is -0.900. The standard InChI is InChI=1S/C14H20O3/c1-11-3-2-4-13(7-11)14(15)10-17-9-12-5-6-16-8-12/h2-4,7,12,14-15H,5-6,8-10H2,1H3. The van der Waals surface area contributed by atoms with Crippen molar-refractivity contribution in [3.63, 3.8) is 0 Å². The molecule has 2 atom stereocenters. The smallest absolute Gasteiger partial charge is 0.102 e. The van der Waals surface area contributed by atoms with Gasteiger partial charge in [0.15, 0.2) is 0 Å². The van der Waals surface area contributed by atoms with Crippen LogP contribution in [0.1, 0.15) is 23.7 Å². The molecule has 1 aromatic rings. The van der Waals surface area contributed by atoms with E-state index in [2.05, 4.69) is 0 Å². The number of aliphatic hydroxyl groups excluding tert-OH is 1. The van der Waals surface area contributed by atoms with Gasteiger partial charge in [-0.15, -0.1) is 0 Å². The maximum Gasteiger partial charge on any atom is 0.102 e. The van der Waals surface area contributed by atoms with E-state index in [9.17, 15) is 5.11 Å². The first kappa shape index (κ1) is 12.6. The van der Waals surface area contributed by atoms with Crippen molar-refractivity contribution < 1.29 is 14.6 Å². The fourth-order valence-corrected chi connectivity index (χ4v) is 2.03. The van der Waals surface area contributed by atoms with E-state index in [-0.39, 0.29) is 0 Å². The summed E-state index contributed by atoms with van der Waals surface area (Å²) >= 11 is 0. The van der Waals surface area contributed by atoms with Crippen LogP contribution in [0.25, 0.3) is 0 Å². The van der Waals surface area contributed by atoms with Crippen LogP contribution in [0.15, 0.2) is 24.3 Å². The zero-order valence-corrected chi connectivity index (χ0v) is 10.3. The molecule has 0 aliphatic carbocycles. The second-order valence-electron chi connectivity index (χ2n) is 4.70. The number of aryl methyl sites for hydroxylation is 1. The molecule has 1 saturated heterocycles. The lowest BCUT2D eigenvalue weighted by molar-refractivity contribution is 0.0185. The summed E-state index contributed by atoms with van der Waals surface area (Å²) in [5.41, 5.74) is 2.08. The number of benzene rings is 1. The molecule has 0 amide bonds. The third kappa shape index (κ3) is 3.80. The van der Waals surface area contributed by atoms with Crippen LogP contribution in [-0.4, -0.2) is 31.5 Å². The molecule has 1 heterocycles. The molecule has 2 unspecified atom stereocenters. The van der Waals surface area contributed by atoms with Gasteiger partial charge in [-0.1, -0.05) is 29.8 Å². The Morgan fingerprint density at radius 1 is 1.53 bits per heavy atom. The first-order chi connectivity index (χ1) is 8.25. The second-order valence-corrected chi connectivity index (χ2v) is 4.70. The van der Waals surface area contributed by atoms with Gasteiger partial charge in [0.05, 0.1) is 19.8 Å². The topological polar surface area (TPSA) is 38.7 Å². The van der Waals surface area contributed by atoms with E-state index < -0.39 is 6.10 Å². The van der Waals surface area contributed by atoms with Gasteiger partial charge < -0.3 is 14.6 Å². The molecular weight excluding hydrogens is 216 g/mol. The summed E-state index contributed by atoms with van der Waals surface area (Å²) < 4.78 is 10.8. The molecule has 2 rings (SSSR count). The number of hydrogen-bond acceptors (Lipinski definition) is 3. The molecule has 1 fully saturated rings. The van der Waals surface area contributed by atoms with Crippen molar-refractivity contribution in [3.8, 4) is 0 Å². The third-order valence-electron chi connectivity index (χ3n) is 3.08. The van der Waals surface area contributed by atoms with E-state index in [0.717, 1.165) is 30.8 Å². The molecule has 3 heteroatoms. The molecule has 94 valence electrons. The summed E-state index contributed by atoms with van der Waals surface area (Å²) in [6, 6.07) is 7.90. The molecule has 1 aliphatic rings. The Balaban J connectivity index is 1.74. The van der Waals surface area contributed by atoms with E-state index in [4.69, 9.17) is 9.47 Å². The van der Waals surface area contributed by atoms with Gasteiger partial charge in [-0.2, -0.15) is 0 Å². The molecule has 1 aromatic carbocycles. The minimum absolute atomic E-state index is 0.361. The molecule has 0 spiro atoms. The van der Waals surface area contributed by atoms with Crippen molar-refractivity contribution >= 4 is 0 Å². The fraction of sp³-hybridized carbons (Fsp3) is 0.571. The highest BCUT2D eigenvalue weighted by molar-refractivity contribution is 5.23. The molecule has 0 aromatic heterocycles. The Morgan fingerprint density at radius 3 is 3.12 bits per heavy atom. The highest BCUT2D eigenvalue weighted by Gasteiger charge is 2.16. The van der Waals surface area contributed by atoms with Crippen LogP contribution in [0.2, 0.25) is 0 Å². The third-order valence-corrected chi connectivity index (χ3v) is 3.08. The van der Waals surface area contributed by atoms with Gasteiger partial charge in [0.2, 0.25) is 0 Å². The van der Waals surface area contributed by atoms with Crippen molar-refractivity contribution in [3.05, 3.63) is 35.4 Å². The highest BCUT2D eigenvalue weighted by atomic mass is 16.5. The minimum atomic E-state index is -0.530. The first-order valence-electron chi connectivity index (χ1n) is 6.16. The molecule has 0 radical (unpaired) electrons. The van der Waals surface area contributed by atoms with Crippen molar-refractivity contribution in [2.24, 2.45) is 5.92 Å². The maximum absolute atomic E-state index is 9.96. The summed E-state index contributed by atoms with van der Waals surface area (Å²) in [5, 5.41) is 9.96. The Bertz CT molecular complexity index is 345. The van der Waals surface area contributed by atoms with Gasteiger partial charge in [0, 0.05) is 12.5 Å². The van der Waals surface area contributed by atoms with Crippen LogP contribution in [-0.2, 0) is 9.47 Å². The normalized spacial score (nSPS) is 21.6. The van der Waals surface area contributed by atoms with Crippen molar-refractivity contribution in [1.29, 1.82) is 0 Å². The predicted octanol–water partition coefficient (Wildman–Crippen LogP) is 2.08. The van der Waals surface area contributed by atoms with E-state index >= 15 is 0 Å². The predicted molar refractivity (Wildman–Crippen MR) is 65.9 cm³/mol. The van der Waals surface area contributed by atoms with E-state index in [1.807, 2.05) is 31.2 Å². The van der Waals surface area contributed by atoms with Crippen molar-refractivity contribution in [2.75, 3.05) is 26.4 Å². The zero-order chi connectivity index (χ0) is 12.1. The van der Waals surface area contributed by atoms with E-state index in [0.29, 0.717) is 19.1 Å². The van der Waals surface area contributed by atoms with Crippen molar-refractivity contribution in [2.45, 2.75) is 19.4 Å². The zero-order valence-electron chi connectivity index (χ0n) is 10.3. The maximum atomic E-state index is 9.96. The molecule has 1 aliphatic heterocycles. The molecule has 3 nitrogen and oxygen atoms in total. The highest BCUT2D eigenvalue weighted by Crippen LogP contribution is 2.16. The molecule has 1 N–H and O–H groups in total. The average molecular weight is 236 g/mol. The minimum Gasteiger partial charge on any atom is -0.386 e. The quantitative estimate of drug-likeness (QED) is 0.850. The van der Waals surface area contributed by atoms with E-state index in [1.165, 1.54) is 0 Å². The van der Waals surface area contributed by atoms with E-state index in [1.54, 1.807) is 0 Å². The molecule has 0 bridgehead atoms. The Labute approximate surface area is 102 Å². The van der Waals surface area contributed by atoms with Gasteiger partial charge in [-0.05, 0) is 18.9 Å². The van der Waals surface area contributed by atoms with Crippen LogP contribution in [0.4, 0.5) is 0 Å². The number of ether oxygens (including phenoxy) is 2. The van der Waals surface area contributed by atoms with Crippen LogP contribution >= 0.6 is 0 Å². The Kier molecular flexibility index (Phi) is 4.54. The van der Waals surface area contributed by atoms with Gasteiger partial charge in [0.25, 0.3) is 0 Å². The van der Waals surface area contributed by atoms with Crippen LogP contribution < -0.4 is 0 Å². The summed E-state index contributed by atoms with van der Waals surface area (Å²) in [6.45, 7) is 4.70. The summed E-state index contributed by atoms with van der Waals surface area (Å²) in [6.07, 6.45) is 0.540. The lowest BCUT2D eigenvalue weighted by atomic mass is 10.1. The lowest BCUT2D eigenvalue weighted by Gasteiger charge is -2.14. The van der Waals surface area contributed by atoms with Gasteiger partial charge >= 0.3 is 0 Å². The second kappa shape index (κ2) is 6.15. The van der Waals surface area contributed by atoms with Gasteiger partial charge in [-0.3, -0.25) is 0 Å². The van der Waals surface area contributed by atoms with Crippen LogP contribution in [0, 0.1) is 12.8 Å². The monoisotopic (exact) mass is 236 g/mol. The average Bonchev–Trinajstić information content (AvgIpc) is 2.82. The molecule has 0 saturated carbocycles. The van der Waals surface area contributed by atoms with Crippen molar-refractivity contribution in [1.82, 2.24) is 0 Å². The first-order valence-corrected chi connectivity index (χ1v) is 6.16. The van der Waals surface area contributed by atoms with Gasteiger partial charge in [-0.25, -0.2) is 0 Å². The lowest BCUT2D eigenvalue weighted by Crippen LogP contribution is -2.14. The van der Waals surface area contributed by atoms with Crippen LogP contribution in [0.5, 0.6) is 0 Å². The largest absolute Gasteiger partial charge is 0.386 e.